The van der Waals surface area contributed by atoms with Gasteiger partial charge in [0, 0.05) is 12.5 Å². The topological polar surface area (TPSA) is 66.8 Å². The lowest BCUT2D eigenvalue weighted by Gasteiger charge is -2.08. The lowest BCUT2D eigenvalue weighted by molar-refractivity contribution is 0.0976. The molecule has 4 nitrogen and oxygen atoms in total. The Morgan fingerprint density at radius 3 is 2.04 bits per heavy atom. The van der Waals surface area contributed by atoms with Crippen LogP contribution in [0.25, 0.3) is 0 Å². The minimum Gasteiger partial charge on any atom is -0.507 e. The molecular formula is C19H30O4. The Kier molecular flexibility index (Phi) is 9.18. The third-order valence-electron chi connectivity index (χ3n) is 4.10. The number of hydrogen-bond acceptors (Lipinski definition) is 4. The maximum Gasteiger partial charge on any atom is 0.166 e. The lowest BCUT2D eigenvalue weighted by Crippen LogP contribution is -2.00. The fourth-order valence-corrected chi connectivity index (χ4v) is 2.68. The van der Waals surface area contributed by atoms with Gasteiger partial charge in [-0.1, -0.05) is 58.3 Å². The molecule has 0 aromatic heterocycles. The van der Waals surface area contributed by atoms with Gasteiger partial charge in [0.15, 0.2) is 17.3 Å². The van der Waals surface area contributed by atoms with Crippen molar-refractivity contribution in [2.45, 2.75) is 71.1 Å². The Morgan fingerprint density at radius 2 is 1.48 bits per heavy atom. The zero-order chi connectivity index (χ0) is 17.1. The van der Waals surface area contributed by atoms with Crippen molar-refractivity contribution in [3.8, 4) is 17.2 Å². The average molecular weight is 322 g/mol. The van der Waals surface area contributed by atoms with Crippen molar-refractivity contribution in [3.63, 3.8) is 0 Å². The van der Waals surface area contributed by atoms with Crippen LogP contribution in [-0.2, 0) is 0 Å². The third-order valence-corrected chi connectivity index (χ3v) is 4.10. The molecule has 0 aliphatic rings. The Hall–Kier alpha value is -1.71. The number of carbonyl (C=O) groups excluding carboxylic acids is 1. The van der Waals surface area contributed by atoms with E-state index in [-0.39, 0.29) is 28.6 Å². The Bertz CT molecular complexity index is 483. The van der Waals surface area contributed by atoms with Crippen molar-refractivity contribution >= 4 is 5.78 Å². The number of aromatic hydroxyl groups is 2. The smallest absolute Gasteiger partial charge is 0.166 e. The van der Waals surface area contributed by atoms with Crippen molar-refractivity contribution in [3.05, 3.63) is 17.7 Å². The van der Waals surface area contributed by atoms with Gasteiger partial charge in [-0.2, -0.15) is 0 Å². The number of benzene rings is 1. The van der Waals surface area contributed by atoms with Crippen molar-refractivity contribution < 1.29 is 19.7 Å². The van der Waals surface area contributed by atoms with Crippen molar-refractivity contribution in [1.29, 1.82) is 0 Å². The minimum absolute atomic E-state index is 0.124. The van der Waals surface area contributed by atoms with Crippen molar-refractivity contribution in [2.24, 2.45) is 0 Å². The molecule has 1 aromatic rings. The quantitative estimate of drug-likeness (QED) is 0.315. The predicted molar refractivity (Wildman–Crippen MR) is 92.5 cm³/mol. The molecule has 0 heterocycles. The molecule has 0 atom stereocenters. The molecule has 0 saturated carbocycles. The van der Waals surface area contributed by atoms with Gasteiger partial charge in [-0.25, -0.2) is 0 Å². The van der Waals surface area contributed by atoms with Crippen LogP contribution in [0.1, 0.15) is 81.5 Å². The molecule has 0 fully saturated rings. The van der Waals surface area contributed by atoms with Crippen LogP contribution in [0.4, 0.5) is 0 Å². The van der Waals surface area contributed by atoms with Gasteiger partial charge in [0.2, 0.25) is 0 Å². The van der Waals surface area contributed by atoms with E-state index in [2.05, 4.69) is 6.92 Å². The maximum atomic E-state index is 12.1. The van der Waals surface area contributed by atoms with Crippen molar-refractivity contribution in [2.75, 3.05) is 7.11 Å². The minimum atomic E-state index is -0.138. The molecule has 0 saturated heterocycles. The summed E-state index contributed by atoms with van der Waals surface area (Å²) in [5, 5.41) is 19.6. The zero-order valence-electron chi connectivity index (χ0n) is 14.4. The molecule has 130 valence electrons. The van der Waals surface area contributed by atoms with Crippen LogP contribution in [0.2, 0.25) is 0 Å². The second-order valence-corrected chi connectivity index (χ2v) is 6.04. The molecule has 0 aliphatic carbocycles. The molecule has 0 amide bonds. The summed E-state index contributed by atoms with van der Waals surface area (Å²) >= 11 is 0. The molecule has 0 aliphatic heterocycles. The number of methoxy groups -OCH3 is 1. The normalized spacial score (nSPS) is 10.7. The van der Waals surface area contributed by atoms with E-state index in [4.69, 9.17) is 4.74 Å². The van der Waals surface area contributed by atoms with Crippen LogP contribution in [0.3, 0.4) is 0 Å². The standard InChI is InChI=1S/C19H30O4/c1-3-4-5-6-7-8-9-10-11-12-16(20)15-13-18(22)19(23-2)14-17(15)21/h13-14,21-22H,3-12H2,1-2H3. The van der Waals surface area contributed by atoms with Gasteiger partial charge in [-0.3, -0.25) is 4.79 Å². The molecule has 0 radical (unpaired) electrons. The number of unbranched alkanes of at least 4 members (excludes halogenated alkanes) is 8. The number of ether oxygens (including phenoxy) is 1. The van der Waals surface area contributed by atoms with Crippen LogP contribution in [0.15, 0.2) is 12.1 Å². The highest BCUT2D eigenvalue weighted by Gasteiger charge is 2.15. The number of Topliss-reactive ketones (excluding diaryl/α,β-unsaturated/α-hetero) is 1. The number of rotatable bonds is 12. The zero-order valence-corrected chi connectivity index (χ0v) is 14.4. The summed E-state index contributed by atoms with van der Waals surface area (Å²) in [5.74, 6) is -0.230. The fourth-order valence-electron chi connectivity index (χ4n) is 2.68. The number of carbonyl (C=O) groups is 1. The van der Waals surface area contributed by atoms with E-state index in [9.17, 15) is 15.0 Å². The van der Waals surface area contributed by atoms with E-state index < -0.39 is 0 Å². The highest BCUT2D eigenvalue weighted by molar-refractivity contribution is 5.99. The molecule has 4 heteroatoms. The first-order valence-corrected chi connectivity index (χ1v) is 8.73. The lowest BCUT2D eigenvalue weighted by atomic mass is 10.0. The first-order valence-electron chi connectivity index (χ1n) is 8.73. The SMILES string of the molecule is CCCCCCCCCCCC(=O)c1cc(O)c(OC)cc1O. The van der Waals surface area contributed by atoms with E-state index in [0.717, 1.165) is 19.3 Å². The van der Waals surface area contributed by atoms with Crippen LogP contribution in [0.5, 0.6) is 17.2 Å². The van der Waals surface area contributed by atoms with Gasteiger partial charge < -0.3 is 14.9 Å². The van der Waals surface area contributed by atoms with Gasteiger partial charge in [0.05, 0.1) is 12.7 Å². The molecular weight excluding hydrogens is 292 g/mol. The molecule has 0 bridgehead atoms. The monoisotopic (exact) mass is 322 g/mol. The van der Waals surface area contributed by atoms with Crippen LogP contribution in [0, 0.1) is 0 Å². The number of ketones is 1. The largest absolute Gasteiger partial charge is 0.507 e. The number of phenols is 2. The van der Waals surface area contributed by atoms with Gasteiger partial charge in [0.25, 0.3) is 0 Å². The Morgan fingerprint density at radius 1 is 0.913 bits per heavy atom. The summed E-state index contributed by atoms with van der Waals surface area (Å²) in [6.07, 6.45) is 11.1. The molecule has 23 heavy (non-hydrogen) atoms. The summed E-state index contributed by atoms with van der Waals surface area (Å²) in [6.45, 7) is 2.22. The summed E-state index contributed by atoms with van der Waals surface area (Å²) in [7, 11) is 1.40. The summed E-state index contributed by atoms with van der Waals surface area (Å²) in [5.41, 5.74) is 0.169. The fraction of sp³-hybridized carbons (Fsp3) is 0.632. The van der Waals surface area contributed by atoms with E-state index in [0.29, 0.717) is 6.42 Å². The van der Waals surface area contributed by atoms with Gasteiger partial charge in [-0.15, -0.1) is 0 Å². The van der Waals surface area contributed by atoms with Crippen LogP contribution in [-0.4, -0.2) is 23.1 Å². The molecule has 0 unspecified atom stereocenters. The number of hydrogen-bond donors (Lipinski definition) is 2. The maximum absolute atomic E-state index is 12.1. The summed E-state index contributed by atoms with van der Waals surface area (Å²) in [6, 6.07) is 2.56. The molecule has 1 rings (SSSR count). The Balaban J connectivity index is 2.26. The van der Waals surface area contributed by atoms with Crippen molar-refractivity contribution in [1.82, 2.24) is 0 Å². The van der Waals surface area contributed by atoms with E-state index >= 15 is 0 Å². The second kappa shape index (κ2) is 10.9. The summed E-state index contributed by atoms with van der Waals surface area (Å²) in [4.78, 5) is 12.1. The van der Waals surface area contributed by atoms with E-state index in [1.165, 1.54) is 57.8 Å². The third kappa shape index (κ3) is 6.93. The average Bonchev–Trinajstić information content (AvgIpc) is 2.54. The predicted octanol–water partition coefficient (Wildman–Crippen LogP) is 5.21. The van der Waals surface area contributed by atoms with E-state index in [1.54, 1.807) is 0 Å². The number of phenolic OH excluding ortho intramolecular Hbond substituents is 2. The highest BCUT2D eigenvalue weighted by atomic mass is 16.5. The van der Waals surface area contributed by atoms with Crippen LogP contribution >= 0.6 is 0 Å². The molecule has 1 aromatic carbocycles. The molecule has 2 N–H and O–H groups in total. The van der Waals surface area contributed by atoms with Gasteiger partial charge >= 0.3 is 0 Å². The first kappa shape index (κ1) is 19.3. The Labute approximate surface area is 139 Å². The van der Waals surface area contributed by atoms with Gasteiger partial charge in [0.1, 0.15) is 5.75 Å². The summed E-state index contributed by atoms with van der Waals surface area (Å²) < 4.78 is 4.90. The van der Waals surface area contributed by atoms with E-state index in [1.807, 2.05) is 0 Å². The molecule has 0 spiro atoms. The first-order chi connectivity index (χ1) is 11.1. The highest BCUT2D eigenvalue weighted by Crippen LogP contribution is 2.33. The van der Waals surface area contributed by atoms with Crippen LogP contribution < -0.4 is 4.74 Å². The van der Waals surface area contributed by atoms with Gasteiger partial charge in [-0.05, 0) is 12.5 Å². The second-order valence-electron chi connectivity index (χ2n) is 6.04.